The highest BCUT2D eigenvalue weighted by Gasteiger charge is 2.31. The topological polar surface area (TPSA) is 26.0 Å². The molecular formula is C16H17F2N. The van der Waals surface area contributed by atoms with E-state index in [1.807, 2.05) is 30.3 Å². The van der Waals surface area contributed by atoms with Gasteiger partial charge in [0.15, 0.2) is 0 Å². The van der Waals surface area contributed by atoms with Gasteiger partial charge in [0.05, 0.1) is 0 Å². The van der Waals surface area contributed by atoms with Gasteiger partial charge in [-0.1, -0.05) is 43.3 Å². The van der Waals surface area contributed by atoms with Gasteiger partial charge in [-0.2, -0.15) is 0 Å². The van der Waals surface area contributed by atoms with Crippen LogP contribution >= 0.6 is 0 Å². The lowest BCUT2D eigenvalue weighted by atomic mass is 9.77. The van der Waals surface area contributed by atoms with Crippen LogP contribution in [0.25, 0.3) is 0 Å². The van der Waals surface area contributed by atoms with Gasteiger partial charge in [-0.25, -0.2) is 8.78 Å². The number of halogens is 2. The van der Waals surface area contributed by atoms with E-state index >= 15 is 0 Å². The fourth-order valence-corrected chi connectivity index (χ4v) is 2.38. The van der Waals surface area contributed by atoms with E-state index in [0.717, 1.165) is 5.56 Å². The average molecular weight is 261 g/mol. The molecule has 0 radical (unpaired) electrons. The Bertz CT molecular complexity index is 534. The van der Waals surface area contributed by atoms with Gasteiger partial charge < -0.3 is 5.73 Å². The summed E-state index contributed by atoms with van der Waals surface area (Å²) < 4.78 is 27.9. The first-order valence-electron chi connectivity index (χ1n) is 6.25. The fraction of sp³-hybridized carbons (Fsp3) is 0.250. The molecule has 0 bridgehead atoms. The molecule has 2 N–H and O–H groups in total. The Morgan fingerprint density at radius 1 is 0.947 bits per heavy atom. The van der Waals surface area contributed by atoms with E-state index in [1.165, 1.54) is 18.2 Å². The first kappa shape index (κ1) is 13.7. The van der Waals surface area contributed by atoms with Gasteiger partial charge in [-0.05, 0) is 24.1 Å². The van der Waals surface area contributed by atoms with Crippen molar-refractivity contribution in [1.29, 1.82) is 0 Å². The summed E-state index contributed by atoms with van der Waals surface area (Å²) in [5.41, 5.74) is 6.12. The minimum atomic E-state index is -0.753. The van der Waals surface area contributed by atoms with Crippen LogP contribution < -0.4 is 5.73 Å². The van der Waals surface area contributed by atoms with Crippen molar-refractivity contribution in [2.75, 3.05) is 6.54 Å². The van der Waals surface area contributed by atoms with Gasteiger partial charge in [0.1, 0.15) is 11.6 Å². The first-order chi connectivity index (χ1) is 9.07. The fourth-order valence-electron chi connectivity index (χ4n) is 2.38. The van der Waals surface area contributed by atoms with Gasteiger partial charge >= 0.3 is 0 Å². The van der Waals surface area contributed by atoms with Crippen LogP contribution in [0.2, 0.25) is 0 Å². The van der Waals surface area contributed by atoms with Crippen LogP contribution in [-0.2, 0) is 11.8 Å². The largest absolute Gasteiger partial charge is 0.330 e. The molecule has 0 fully saturated rings. The van der Waals surface area contributed by atoms with Crippen molar-refractivity contribution in [3.8, 4) is 0 Å². The lowest BCUT2D eigenvalue weighted by Crippen LogP contribution is -2.36. The van der Waals surface area contributed by atoms with E-state index in [1.54, 1.807) is 6.92 Å². The minimum absolute atomic E-state index is 0.0707. The number of nitrogens with two attached hydrogens (primary N) is 1. The number of hydrogen-bond donors (Lipinski definition) is 1. The normalized spacial score (nSPS) is 14.1. The average Bonchev–Trinajstić information content (AvgIpc) is 2.39. The lowest BCUT2D eigenvalue weighted by Gasteiger charge is -2.29. The van der Waals surface area contributed by atoms with Gasteiger partial charge in [0, 0.05) is 17.5 Å². The SMILES string of the molecule is CC(CN)(Cc1ccccc1)c1c(F)cccc1F. The van der Waals surface area contributed by atoms with Crippen LogP contribution in [0.1, 0.15) is 18.1 Å². The molecule has 0 aliphatic heterocycles. The second-order valence-corrected chi connectivity index (χ2v) is 5.02. The van der Waals surface area contributed by atoms with Crippen molar-refractivity contribution in [1.82, 2.24) is 0 Å². The van der Waals surface area contributed by atoms with Gasteiger partial charge in [-0.15, -0.1) is 0 Å². The zero-order valence-electron chi connectivity index (χ0n) is 10.9. The Morgan fingerprint density at radius 3 is 2.05 bits per heavy atom. The summed E-state index contributed by atoms with van der Waals surface area (Å²) in [5.74, 6) is -1.08. The molecule has 0 saturated carbocycles. The molecule has 2 aromatic carbocycles. The third-order valence-electron chi connectivity index (χ3n) is 3.45. The van der Waals surface area contributed by atoms with Gasteiger partial charge in [0.25, 0.3) is 0 Å². The van der Waals surface area contributed by atoms with Crippen LogP contribution in [0.15, 0.2) is 48.5 Å². The molecule has 1 nitrogen and oxygen atoms in total. The third-order valence-corrected chi connectivity index (χ3v) is 3.45. The Balaban J connectivity index is 2.43. The Hall–Kier alpha value is -1.74. The third kappa shape index (κ3) is 2.82. The second-order valence-electron chi connectivity index (χ2n) is 5.02. The summed E-state index contributed by atoms with van der Waals surface area (Å²) in [6.45, 7) is 1.97. The molecular weight excluding hydrogens is 244 g/mol. The monoisotopic (exact) mass is 261 g/mol. The van der Waals surface area contributed by atoms with E-state index < -0.39 is 17.0 Å². The standard InChI is InChI=1S/C16H17F2N/c1-16(11-19,10-12-6-3-2-4-7-12)15-13(17)8-5-9-14(15)18/h2-9H,10-11,19H2,1H3. The maximum Gasteiger partial charge on any atom is 0.129 e. The highest BCUT2D eigenvalue weighted by atomic mass is 19.1. The summed E-state index contributed by atoms with van der Waals surface area (Å²) in [7, 11) is 0. The molecule has 0 aliphatic carbocycles. The number of hydrogen-bond acceptors (Lipinski definition) is 1. The van der Waals surface area contributed by atoms with Crippen molar-refractivity contribution in [2.45, 2.75) is 18.8 Å². The molecule has 0 spiro atoms. The van der Waals surface area contributed by atoms with Crippen LogP contribution in [0.4, 0.5) is 8.78 Å². The molecule has 2 rings (SSSR count). The lowest BCUT2D eigenvalue weighted by molar-refractivity contribution is 0.420. The molecule has 0 aromatic heterocycles. The summed E-state index contributed by atoms with van der Waals surface area (Å²) in [6, 6.07) is 13.5. The highest BCUT2D eigenvalue weighted by molar-refractivity contribution is 5.32. The predicted octanol–water partition coefficient (Wildman–Crippen LogP) is 3.42. The van der Waals surface area contributed by atoms with E-state index in [0.29, 0.717) is 6.42 Å². The van der Waals surface area contributed by atoms with Crippen LogP contribution in [0.3, 0.4) is 0 Å². The van der Waals surface area contributed by atoms with Crippen molar-refractivity contribution in [2.24, 2.45) is 5.73 Å². The molecule has 1 atom stereocenters. The van der Waals surface area contributed by atoms with E-state index in [4.69, 9.17) is 5.73 Å². The molecule has 1 unspecified atom stereocenters. The zero-order chi connectivity index (χ0) is 13.9. The van der Waals surface area contributed by atoms with E-state index in [9.17, 15) is 8.78 Å². The van der Waals surface area contributed by atoms with Crippen LogP contribution in [-0.4, -0.2) is 6.54 Å². The maximum absolute atomic E-state index is 13.9. The summed E-state index contributed by atoms with van der Waals surface area (Å²) in [5, 5.41) is 0. The maximum atomic E-state index is 13.9. The van der Waals surface area contributed by atoms with Crippen molar-refractivity contribution in [3.63, 3.8) is 0 Å². The minimum Gasteiger partial charge on any atom is -0.330 e. The number of rotatable bonds is 4. The molecule has 100 valence electrons. The first-order valence-corrected chi connectivity index (χ1v) is 6.25. The molecule has 0 aliphatic rings. The van der Waals surface area contributed by atoms with Crippen molar-refractivity contribution >= 4 is 0 Å². The molecule has 0 saturated heterocycles. The smallest absolute Gasteiger partial charge is 0.129 e. The quantitative estimate of drug-likeness (QED) is 0.896. The van der Waals surface area contributed by atoms with Crippen molar-refractivity contribution < 1.29 is 8.78 Å². The Morgan fingerprint density at radius 2 is 1.53 bits per heavy atom. The van der Waals surface area contributed by atoms with Crippen LogP contribution in [0, 0.1) is 11.6 Å². The molecule has 19 heavy (non-hydrogen) atoms. The van der Waals surface area contributed by atoms with Gasteiger partial charge in [0.2, 0.25) is 0 Å². The van der Waals surface area contributed by atoms with E-state index in [-0.39, 0.29) is 12.1 Å². The molecule has 0 heterocycles. The number of benzene rings is 2. The summed E-state index contributed by atoms with van der Waals surface area (Å²) in [4.78, 5) is 0. The van der Waals surface area contributed by atoms with Crippen LogP contribution in [0.5, 0.6) is 0 Å². The highest BCUT2D eigenvalue weighted by Crippen LogP contribution is 2.31. The van der Waals surface area contributed by atoms with Gasteiger partial charge in [-0.3, -0.25) is 0 Å². The predicted molar refractivity (Wildman–Crippen MR) is 72.9 cm³/mol. The molecule has 0 amide bonds. The Kier molecular flexibility index (Phi) is 3.96. The summed E-state index contributed by atoms with van der Waals surface area (Å²) >= 11 is 0. The Labute approximate surface area is 112 Å². The summed E-state index contributed by atoms with van der Waals surface area (Å²) in [6.07, 6.45) is 0.502. The zero-order valence-corrected chi connectivity index (χ0v) is 10.9. The van der Waals surface area contributed by atoms with E-state index in [2.05, 4.69) is 0 Å². The molecule has 2 aromatic rings. The second kappa shape index (κ2) is 5.49. The van der Waals surface area contributed by atoms with Crippen molar-refractivity contribution in [3.05, 3.63) is 71.3 Å². The molecule has 3 heteroatoms.